The molecule has 1 aliphatic heterocycles. The summed E-state index contributed by atoms with van der Waals surface area (Å²) in [6, 6.07) is 7.56. The summed E-state index contributed by atoms with van der Waals surface area (Å²) in [5, 5.41) is 0. The third-order valence-electron chi connectivity index (χ3n) is 3.72. The van der Waals surface area contributed by atoms with E-state index in [1.165, 1.54) is 24.8 Å². The Kier molecular flexibility index (Phi) is 4.10. The molecule has 17 heavy (non-hydrogen) atoms. The smallest absolute Gasteiger partial charge is 0.0328 e. The summed E-state index contributed by atoms with van der Waals surface area (Å²) in [6.45, 7) is 5.67. The maximum Gasteiger partial charge on any atom is 0.0328 e. The molecule has 2 atom stereocenters. The van der Waals surface area contributed by atoms with Crippen LogP contribution in [-0.2, 0) is 6.54 Å². The normalized spacial score (nSPS) is 26.1. The van der Waals surface area contributed by atoms with E-state index in [9.17, 15) is 0 Å². The molecule has 0 radical (unpaired) electrons. The number of nitrogens with zero attached hydrogens (tertiary/aromatic N) is 1. The fraction of sp³-hybridized carbons (Fsp3) is 0.571. The lowest BCUT2D eigenvalue weighted by molar-refractivity contribution is 0.0953. The molecule has 1 aliphatic rings. The van der Waals surface area contributed by atoms with Crippen LogP contribution < -0.4 is 5.73 Å². The molecule has 2 nitrogen and oxygen atoms in total. The van der Waals surface area contributed by atoms with Crippen LogP contribution in [0.4, 0.5) is 5.69 Å². The van der Waals surface area contributed by atoms with Crippen LogP contribution in [0.25, 0.3) is 0 Å². The number of rotatable bonds is 2. The largest absolute Gasteiger partial charge is 0.399 e. The van der Waals surface area contributed by atoms with E-state index in [1.54, 1.807) is 0 Å². The minimum absolute atomic E-state index is 0.680. The summed E-state index contributed by atoms with van der Waals surface area (Å²) in [6.07, 6.45) is 3.99. The average molecular weight is 297 g/mol. The van der Waals surface area contributed by atoms with Gasteiger partial charge in [-0.25, -0.2) is 0 Å². The zero-order valence-corrected chi connectivity index (χ0v) is 12.2. The number of nitrogens with two attached hydrogens (primary N) is 1. The third kappa shape index (κ3) is 3.23. The highest BCUT2D eigenvalue weighted by Gasteiger charge is 2.24. The molecular weight excluding hydrogens is 276 g/mol. The van der Waals surface area contributed by atoms with Crippen molar-refractivity contribution in [2.75, 3.05) is 5.73 Å². The van der Waals surface area contributed by atoms with Crippen LogP contribution in [0.15, 0.2) is 22.7 Å². The molecule has 0 amide bonds. The summed E-state index contributed by atoms with van der Waals surface area (Å²) in [5.74, 6) is 0. The topological polar surface area (TPSA) is 29.3 Å². The summed E-state index contributed by atoms with van der Waals surface area (Å²) in [7, 11) is 0. The van der Waals surface area contributed by atoms with Gasteiger partial charge >= 0.3 is 0 Å². The summed E-state index contributed by atoms with van der Waals surface area (Å²) >= 11 is 3.51. The molecule has 0 bridgehead atoms. The van der Waals surface area contributed by atoms with Crippen molar-refractivity contribution in [3.8, 4) is 0 Å². The molecule has 0 aromatic heterocycles. The maximum absolute atomic E-state index is 5.89. The number of hydrogen-bond donors (Lipinski definition) is 1. The van der Waals surface area contributed by atoms with Gasteiger partial charge in [0.05, 0.1) is 0 Å². The van der Waals surface area contributed by atoms with Crippen LogP contribution in [0.5, 0.6) is 0 Å². The lowest BCUT2D eigenvalue weighted by Gasteiger charge is -2.39. The Morgan fingerprint density at radius 1 is 1.24 bits per heavy atom. The van der Waals surface area contributed by atoms with E-state index < -0.39 is 0 Å². The van der Waals surface area contributed by atoms with Gasteiger partial charge in [0, 0.05) is 28.8 Å². The number of benzene rings is 1. The number of anilines is 1. The molecule has 2 rings (SSSR count). The van der Waals surface area contributed by atoms with Gasteiger partial charge in [-0.2, -0.15) is 0 Å². The van der Waals surface area contributed by atoms with E-state index in [-0.39, 0.29) is 0 Å². The van der Waals surface area contributed by atoms with Crippen molar-refractivity contribution in [2.24, 2.45) is 0 Å². The average Bonchev–Trinajstić information content (AvgIpc) is 2.22. The van der Waals surface area contributed by atoms with Crippen LogP contribution >= 0.6 is 15.9 Å². The maximum atomic E-state index is 5.89. The number of likely N-dealkylation sites (tertiary alicyclic amines) is 1. The van der Waals surface area contributed by atoms with Gasteiger partial charge in [0.2, 0.25) is 0 Å². The Hall–Kier alpha value is -0.540. The second kappa shape index (κ2) is 5.40. The minimum atomic E-state index is 0.680. The molecule has 2 N–H and O–H groups in total. The van der Waals surface area contributed by atoms with E-state index in [0.717, 1.165) is 16.7 Å². The summed E-state index contributed by atoms with van der Waals surface area (Å²) in [4.78, 5) is 2.59. The SMILES string of the molecule is C[C@@H]1CCC[C@H](C)N1Cc1cc(N)cc(Br)c1. The molecule has 1 aromatic rings. The second-order valence-electron chi connectivity index (χ2n) is 5.19. The van der Waals surface area contributed by atoms with Gasteiger partial charge in [-0.1, -0.05) is 22.4 Å². The van der Waals surface area contributed by atoms with Crippen LogP contribution in [0.2, 0.25) is 0 Å². The van der Waals surface area contributed by atoms with Crippen molar-refractivity contribution in [3.05, 3.63) is 28.2 Å². The molecule has 94 valence electrons. The molecule has 0 unspecified atom stereocenters. The predicted octanol–water partition coefficient (Wildman–Crippen LogP) is 3.79. The van der Waals surface area contributed by atoms with Crippen molar-refractivity contribution in [2.45, 2.75) is 51.7 Å². The van der Waals surface area contributed by atoms with Crippen molar-refractivity contribution in [3.63, 3.8) is 0 Å². The lowest BCUT2D eigenvalue weighted by atomic mass is 9.97. The third-order valence-corrected chi connectivity index (χ3v) is 4.18. The number of hydrogen-bond acceptors (Lipinski definition) is 2. The number of nitrogen functional groups attached to an aromatic ring is 1. The quantitative estimate of drug-likeness (QED) is 0.841. The Morgan fingerprint density at radius 2 is 1.88 bits per heavy atom. The van der Waals surface area contributed by atoms with Gasteiger partial charge in [-0.3, -0.25) is 4.90 Å². The fourth-order valence-corrected chi connectivity index (χ4v) is 3.32. The molecular formula is C14H21BrN2. The van der Waals surface area contributed by atoms with Gasteiger partial charge in [0.1, 0.15) is 0 Å². The van der Waals surface area contributed by atoms with Crippen LogP contribution in [0.3, 0.4) is 0 Å². The highest BCUT2D eigenvalue weighted by Crippen LogP contribution is 2.26. The molecule has 1 saturated heterocycles. The van der Waals surface area contributed by atoms with E-state index >= 15 is 0 Å². The first-order valence-electron chi connectivity index (χ1n) is 6.37. The van der Waals surface area contributed by atoms with Crippen LogP contribution in [0.1, 0.15) is 38.7 Å². The van der Waals surface area contributed by atoms with Crippen LogP contribution in [0, 0.1) is 0 Å². The highest BCUT2D eigenvalue weighted by atomic mass is 79.9. The highest BCUT2D eigenvalue weighted by molar-refractivity contribution is 9.10. The molecule has 1 fully saturated rings. The number of halogens is 1. The first-order chi connectivity index (χ1) is 8.06. The van der Waals surface area contributed by atoms with Gasteiger partial charge in [-0.05, 0) is 50.5 Å². The molecule has 3 heteroatoms. The van der Waals surface area contributed by atoms with Gasteiger partial charge in [-0.15, -0.1) is 0 Å². The number of piperidine rings is 1. The Morgan fingerprint density at radius 3 is 2.47 bits per heavy atom. The Bertz CT molecular complexity index is 362. The van der Waals surface area contributed by atoms with Crippen molar-refractivity contribution < 1.29 is 0 Å². The molecule has 1 heterocycles. The van der Waals surface area contributed by atoms with E-state index in [0.29, 0.717) is 12.1 Å². The van der Waals surface area contributed by atoms with Gasteiger partial charge in [0.25, 0.3) is 0 Å². The van der Waals surface area contributed by atoms with Crippen molar-refractivity contribution in [1.82, 2.24) is 4.90 Å². The Labute approximate surface area is 112 Å². The molecule has 1 aromatic carbocycles. The monoisotopic (exact) mass is 296 g/mol. The van der Waals surface area contributed by atoms with E-state index in [4.69, 9.17) is 5.73 Å². The molecule has 0 saturated carbocycles. The first kappa shape index (κ1) is 12.9. The lowest BCUT2D eigenvalue weighted by Crippen LogP contribution is -2.42. The zero-order chi connectivity index (χ0) is 12.4. The molecule has 0 aliphatic carbocycles. The summed E-state index contributed by atoms with van der Waals surface area (Å²) < 4.78 is 1.07. The van der Waals surface area contributed by atoms with E-state index in [2.05, 4.69) is 46.8 Å². The fourth-order valence-electron chi connectivity index (χ4n) is 2.76. The second-order valence-corrected chi connectivity index (χ2v) is 6.11. The predicted molar refractivity (Wildman–Crippen MR) is 76.9 cm³/mol. The van der Waals surface area contributed by atoms with Gasteiger partial charge in [0.15, 0.2) is 0 Å². The first-order valence-corrected chi connectivity index (χ1v) is 7.16. The summed E-state index contributed by atoms with van der Waals surface area (Å²) in [5.41, 5.74) is 8.03. The Balaban J connectivity index is 2.13. The van der Waals surface area contributed by atoms with E-state index in [1.807, 2.05) is 6.07 Å². The minimum Gasteiger partial charge on any atom is -0.399 e. The van der Waals surface area contributed by atoms with Crippen LogP contribution in [-0.4, -0.2) is 17.0 Å². The molecule has 0 spiro atoms. The standard InChI is InChI=1S/C14H21BrN2/c1-10-4-3-5-11(2)17(10)9-12-6-13(15)8-14(16)7-12/h6-8,10-11H,3-5,9,16H2,1-2H3/t10-,11+. The van der Waals surface area contributed by atoms with Crippen molar-refractivity contribution >= 4 is 21.6 Å². The van der Waals surface area contributed by atoms with Crippen molar-refractivity contribution in [1.29, 1.82) is 0 Å². The van der Waals surface area contributed by atoms with Gasteiger partial charge < -0.3 is 5.73 Å². The zero-order valence-electron chi connectivity index (χ0n) is 10.6.